The Morgan fingerprint density at radius 3 is 2.43 bits per heavy atom. The molecule has 1 saturated carbocycles. The summed E-state index contributed by atoms with van der Waals surface area (Å²) in [7, 11) is 0. The molecule has 0 N–H and O–H groups in total. The average molecular weight is 220 g/mol. The summed E-state index contributed by atoms with van der Waals surface area (Å²) in [6.07, 6.45) is 6.67. The van der Waals surface area contributed by atoms with Gasteiger partial charge in [0.1, 0.15) is 0 Å². The summed E-state index contributed by atoms with van der Waals surface area (Å²) in [5.74, 6) is 0.613. The lowest BCUT2D eigenvalue weighted by atomic mass is 10.2. The van der Waals surface area contributed by atoms with Crippen LogP contribution in [-0.4, -0.2) is 24.1 Å². The van der Waals surface area contributed by atoms with E-state index in [1.807, 2.05) is 5.06 Å². The second-order valence-corrected chi connectivity index (χ2v) is 4.10. The van der Waals surface area contributed by atoms with Crippen LogP contribution in [0, 0.1) is 5.92 Å². The van der Waals surface area contributed by atoms with E-state index in [4.69, 9.17) is 4.84 Å². The van der Waals surface area contributed by atoms with E-state index >= 15 is 0 Å². The smallest absolute Gasteiger partial charge is 0.325 e. The molecule has 1 saturated heterocycles. The van der Waals surface area contributed by atoms with Crippen molar-refractivity contribution in [3.05, 3.63) is 0 Å². The maximum absolute atomic E-state index is 11.3. The summed E-state index contributed by atoms with van der Waals surface area (Å²) in [4.78, 5) is 16.5. The van der Waals surface area contributed by atoms with Crippen LogP contribution in [-0.2, 0) is 9.63 Å². The Hall–Kier alpha value is -0.280. The molecule has 4 heteroatoms. The molecule has 0 amide bonds. The number of hydroxylamine groups is 2. The fraction of sp³-hybridized carbons (Fsp3) is 0.900. The van der Waals surface area contributed by atoms with E-state index in [1.54, 1.807) is 0 Å². The topological polar surface area (TPSA) is 29.5 Å². The fourth-order valence-corrected chi connectivity index (χ4v) is 1.70. The molecule has 0 aromatic rings. The van der Waals surface area contributed by atoms with Gasteiger partial charge in [0.15, 0.2) is 0 Å². The monoisotopic (exact) mass is 219 g/mol. The summed E-state index contributed by atoms with van der Waals surface area (Å²) in [5.41, 5.74) is 0. The zero-order valence-electron chi connectivity index (χ0n) is 8.41. The molecular formula is C10H18ClNO2. The molecule has 14 heavy (non-hydrogen) atoms. The van der Waals surface area contributed by atoms with Crippen molar-refractivity contribution >= 4 is 18.4 Å². The normalized spacial score (nSPS) is 22.6. The highest BCUT2D eigenvalue weighted by molar-refractivity contribution is 5.85. The largest absolute Gasteiger partial charge is 0.368 e. The number of nitrogens with zero attached hydrogens (tertiary/aromatic N) is 1. The van der Waals surface area contributed by atoms with Crippen molar-refractivity contribution in [2.24, 2.45) is 5.92 Å². The predicted molar refractivity (Wildman–Crippen MR) is 56.1 cm³/mol. The van der Waals surface area contributed by atoms with Crippen LogP contribution in [0.15, 0.2) is 0 Å². The number of halogens is 1. The van der Waals surface area contributed by atoms with Crippen LogP contribution in [0.5, 0.6) is 0 Å². The third kappa shape index (κ3) is 3.84. The number of rotatable bonds is 3. The minimum absolute atomic E-state index is 0. The van der Waals surface area contributed by atoms with Crippen LogP contribution >= 0.6 is 12.4 Å². The lowest BCUT2D eigenvalue weighted by Gasteiger charge is -2.24. The zero-order chi connectivity index (χ0) is 9.10. The van der Waals surface area contributed by atoms with E-state index in [9.17, 15) is 4.79 Å². The van der Waals surface area contributed by atoms with Crippen LogP contribution in [0.4, 0.5) is 0 Å². The molecule has 0 atom stereocenters. The van der Waals surface area contributed by atoms with Crippen LogP contribution in [0.3, 0.4) is 0 Å². The Bertz CT molecular complexity index is 189. The molecule has 0 aromatic heterocycles. The summed E-state index contributed by atoms with van der Waals surface area (Å²) < 4.78 is 0. The molecule has 0 unspecified atom stereocenters. The summed E-state index contributed by atoms with van der Waals surface area (Å²) in [6.45, 7) is 1.85. The quantitative estimate of drug-likeness (QED) is 0.729. The number of hydrogen-bond donors (Lipinski definition) is 0. The maximum Gasteiger partial charge on any atom is 0.325 e. The van der Waals surface area contributed by atoms with Crippen LogP contribution in [0.1, 0.15) is 38.5 Å². The van der Waals surface area contributed by atoms with Crippen molar-refractivity contribution in [2.75, 3.05) is 13.1 Å². The van der Waals surface area contributed by atoms with Gasteiger partial charge >= 0.3 is 5.97 Å². The van der Waals surface area contributed by atoms with Gasteiger partial charge in [0.25, 0.3) is 0 Å². The van der Waals surface area contributed by atoms with E-state index in [-0.39, 0.29) is 18.4 Å². The minimum Gasteiger partial charge on any atom is -0.368 e. The molecule has 3 nitrogen and oxygen atoms in total. The summed E-state index contributed by atoms with van der Waals surface area (Å²) in [5, 5.41) is 1.83. The minimum atomic E-state index is -0.0237. The molecule has 1 heterocycles. The van der Waals surface area contributed by atoms with Crippen molar-refractivity contribution in [3.63, 3.8) is 0 Å². The number of piperidine rings is 1. The molecule has 2 fully saturated rings. The van der Waals surface area contributed by atoms with Gasteiger partial charge in [-0.15, -0.1) is 17.5 Å². The molecule has 1 aliphatic carbocycles. The highest BCUT2D eigenvalue weighted by atomic mass is 35.5. The van der Waals surface area contributed by atoms with E-state index in [0.717, 1.165) is 25.9 Å². The average Bonchev–Trinajstić information content (AvgIpc) is 2.90. The Balaban J connectivity index is 0.000000980. The van der Waals surface area contributed by atoms with Gasteiger partial charge in [-0.25, -0.2) is 0 Å². The highest BCUT2D eigenvalue weighted by Gasteiger charge is 2.26. The molecular weight excluding hydrogens is 202 g/mol. The van der Waals surface area contributed by atoms with Gasteiger partial charge < -0.3 is 4.84 Å². The molecule has 82 valence electrons. The molecule has 2 aliphatic rings. The van der Waals surface area contributed by atoms with Gasteiger partial charge in [0.05, 0.1) is 6.42 Å². The predicted octanol–water partition coefficient (Wildman–Crippen LogP) is 2.15. The van der Waals surface area contributed by atoms with Crippen molar-refractivity contribution in [1.82, 2.24) is 5.06 Å². The van der Waals surface area contributed by atoms with E-state index in [0.29, 0.717) is 12.3 Å². The third-order valence-electron chi connectivity index (χ3n) is 2.70. The lowest BCUT2D eigenvalue weighted by molar-refractivity contribution is -0.194. The highest BCUT2D eigenvalue weighted by Crippen LogP contribution is 2.32. The Morgan fingerprint density at radius 2 is 1.86 bits per heavy atom. The molecule has 2 rings (SSSR count). The van der Waals surface area contributed by atoms with E-state index < -0.39 is 0 Å². The first kappa shape index (κ1) is 11.8. The lowest BCUT2D eigenvalue weighted by Crippen LogP contribution is -2.32. The van der Waals surface area contributed by atoms with Crippen molar-refractivity contribution in [1.29, 1.82) is 0 Å². The van der Waals surface area contributed by atoms with E-state index in [2.05, 4.69) is 0 Å². The molecule has 0 bridgehead atoms. The first-order chi connectivity index (χ1) is 6.34. The Kier molecular flexibility index (Phi) is 4.69. The maximum atomic E-state index is 11.3. The van der Waals surface area contributed by atoms with Gasteiger partial charge in [0, 0.05) is 13.1 Å². The Labute approximate surface area is 91.2 Å². The number of carbonyl (C=O) groups is 1. The van der Waals surface area contributed by atoms with Gasteiger partial charge in [-0.1, -0.05) is 6.42 Å². The van der Waals surface area contributed by atoms with Crippen LogP contribution < -0.4 is 0 Å². The van der Waals surface area contributed by atoms with Gasteiger partial charge in [-0.2, -0.15) is 0 Å². The fourth-order valence-electron chi connectivity index (χ4n) is 1.70. The van der Waals surface area contributed by atoms with Gasteiger partial charge in [-0.05, 0) is 31.6 Å². The van der Waals surface area contributed by atoms with Crippen molar-refractivity contribution in [2.45, 2.75) is 38.5 Å². The van der Waals surface area contributed by atoms with Crippen LogP contribution in [0.2, 0.25) is 0 Å². The van der Waals surface area contributed by atoms with Gasteiger partial charge in [-0.3, -0.25) is 4.79 Å². The number of carbonyl (C=O) groups excluding carboxylic acids is 1. The zero-order valence-corrected chi connectivity index (χ0v) is 9.22. The standard InChI is InChI=1S/C10H17NO2.ClH/c12-10(8-9-4-5-9)13-11-6-2-1-3-7-11;/h9H,1-8H2;1H. The van der Waals surface area contributed by atoms with Crippen molar-refractivity contribution < 1.29 is 9.63 Å². The second-order valence-electron chi connectivity index (χ2n) is 4.10. The second kappa shape index (κ2) is 5.56. The molecule has 0 radical (unpaired) electrons. The first-order valence-corrected chi connectivity index (χ1v) is 5.30. The SMILES string of the molecule is Cl.O=C(CC1CC1)ON1CCCCC1. The summed E-state index contributed by atoms with van der Waals surface area (Å²) >= 11 is 0. The van der Waals surface area contributed by atoms with E-state index in [1.165, 1.54) is 19.3 Å². The molecule has 0 aromatic carbocycles. The summed E-state index contributed by atoms with van der Waals surface area (Å²) in [6, 6.07) is 0. The first-order valence-electron chi connectivity index (χ1n) is 5.30. The molecule has 1 aliphatic heterocycles. The van der Waals surface area contributed by atoms with Crippen LogP contribution in [0.25, 0.3) is 0 Å². The number of hydrogen-bond acceptors (Lipinski definition) is 3. The van der Waals surface area contributed by atoms with Crippen molar-refractivity contribution in [3.8, 4) is 0 Å². The van der Waals surface area contributed by atoms with Gasteiger partial charge in [0.2, 0.25) is 0 Å². The molecule has 0 spiro atoms. The third-order valence-corrected chi connectivity index (χ3v) is 2.70. The Morgan fingerprint density at radius 1 is 1.21 bits per heavy atom.